The third kappa shape index (κ3) is 3.47. The highest BCUT2D eigenvalue weighted by molar-refractivity contribution is 9.10. The molecule has 1 aliphatic rings. The maximum absolute atomic E-state index is 8.97. The molecule has 1 fully saturated rings. The summed E-state index contributed by atoms with van der Waals surface area (Å²) in [4.78, 5) is 4.71. The van der Waals surface area contributed by atoms with E-state index in [0.29, 0.717) is 5.56 Å². The highest BCUT2D eigenvalue weighted by atomic mass is 79.9. The summed E-state index contributed by atoms with van der Waals surface area (Å²) in [6, 6.07) is 8.04. The van der Waals surface area contributed by atoms with Crippen LogP contribution < -0.4 is 4.90 Å². The Morgan fingerprint density at radius 1 is 1.33 bits per heavy atom. The molecule has 2 rings (SSSR count). The fourth-order valence-electron chi connectivity index (χ4n) is 2.29. The summed E-state index contributed by atoms with van der Waals surface area (Å²) >= 11 is 3.45. The van der Waals surface area contributed by atoms with Crippen molar-refractivity contribution in [3.05, 3.63) is 28.2 Å². The average Bonchev–Trinajstić information content (AvgIpc) is 2.88. The number of likely N-dealkylation sites (tertiary alicyclic amines) is 1. The Hall–Kier alpha value is -1.05. The SMILES string of the molecule is CN(CCN1CCCC1)c1cc(Br)cc(C#N)c1. The fraction of sp³-hybridized carbons (Fsp3) is 0.500. The van der Waals surface area contributed by atoms with Crippen LogP contribution in [0, 0.1) is 11.3 Å². The molecule has 1 saturated heterocycles. The minimum atomic E-state index is 0.701. The van der Waals surface area contributed by atoms with Crippen molar-refractivity contribution in [2.24, 2.45) is 0 Å². The van der Waals surface area contributed by atoms with Gasteiger partial charge in [-0.05, 0) is 44.1 Å². The average molecular weight is 308 g/mol. The molecule has 0 atom stereocenters. The Balaban J connectivity index is 1.97. The van der Waals surface area contributed by atoms with Crippen molar-refractivity contribution in [2.45, 2.75) is 12.8 Å². The zero-order chi connectivity index (χ0) is 13.0. The summed E-state index contributed by atoms with van der Waals surface area (Å²) in [5.41, 5.74) is 1.80. The van der Waals surface area contributed by atoms with Crippen LogP contribution in [0.5, 0.6) is 0 Å². The number of hydrogen-bond donors (Lipinski definition) is 0. The Bertz CT molecular complexity index is 447. The van der Waals surface area contributed by atoms with Gasteiger partial charge in [0.15, 0.2) is 0 Å². The minimum Gasteiger partial charge on any atom is -0.373 e. The van der Waals surface area contributed by atoms with Gasteiger partial charge in [0.2, 0.25) is 0 Å². The topological polar surface area (TPSA) is 30.3 Å². The molecule has 1 heterocycles. The molecule has 0 saturated carbocycles. The van der Waals surface area contributed by atoms with Crippen molar-refractivity contribution < 1.29 is 0 Å². The van der Waals surface area contributed by atoms with E-state index in [-0.39, 0.29) is 0 Å². The van der Waals surface area contributed by atoms with Gasteiger partial charge >= 0.3 is 0 Å². The normalized spacial score (nSPS) is 15.6. The van der Waals surface area contributed by atoms with Gasteiger partial charge < -0.3 is 9.80 Å². The van der Waals surface area contributed by atoms with Crippen LogP contribution in [0.3, 0.4) is 0 Å². The van der Waals surface area contributed by atoms with Crippen LogP contribution in [-0.4, -0.2) is 38.1 Å². The van der Waals surface area contributed by atoms with Crippen LogP contribution in [0.2, 0.25) is 0 Å². The summed E-state index contributed by atoms with van der Waals surface area (Å²) in [7, 11) is 2.08. The molecule has 4 heteroatoms. The van der Waals surface area contributed by atoms with E-state index in [1.165, 1.54) is 25.9 Å². The molecule has 1 aliphatic heterocycles. The smallest absolute Gasteiger partial charge is 0.0992 e. The molecular formula is C14H18BrN3. The molecule has 0 aliphatic carbocycles. The predicted octanol–water partition coefficient (Wildman–Crippen LogP) is 2.85. The van der Waals surface area contributed by atoms with Gasteiger partial charge in [-0.15, -0.1) is 0 Å². The zero-order valence-corrected chi connectivity index (χ0v) is 12.3. The largest absolute Gasteiger partial charge is 0.373 e. The monoisotopic (exact) mass is 307 g/mol. The second-order valence-electron chi connectivity index (χ2n) is 4.78. The summed E-state index contributed by atoms with van der Waals surface area (Å²) < 4.78 is 0.963. The Kier molecular flexibility index (Phi) is 4.62. The van der Waals surface area contributed by atoms with Gasteiger partial charge in [0.05, 0.1) is 11.6 Å². The minimum absolute atomic E-state index is 0.701. The first kappa shape index (κ1) is 13.4. The van der Waals surface area contributed by atoms with Crippen molar-refractivity contribution in [2.75, 3.05) is 38.1 Å². The first-order chi connectivity index (χ1) is 8.69. The van der Waals surface area contributed by atoms with Crippen molar-refractivity contribution in [3.8, 4) is 6.07 Å². The van der Waals surface area contributed by atoms with Gasteiger partial charge in [0, 0.05) is 30.3 Å². The van der Waals surface area contributed by atoms with Crippen LogP contribution in [0.1, 0.15) is 18.4 Å². The Morgan fingerprint density at radius 2 is 2.06 bits per heavy atom. The highest BCUT2D eigenvalue weighted by Crippen LogP contribution is 2.22. The van der Waals surface area contributed by atoms with Crippen molar-refractivity contribution >= 4 is 21.6 Å². The van der Waals surface area contributed by atoms with Gasteiger partial charge in [-0.2, -0.15) is 5.26 Å². The quantitative estimate of drug-likeness (QED) is 0.857. The maximum Gasteiger partial charge on any atom is 0.0992 e. The lowest BCUT2D eigenvalue weighted by Gasteiger charge is -2.23. The highest BCUT2D eigenvalue weighted by Gasteiger charge is 2.12. The molecule has 3 nitrogen and oxygen atoms in total. The van der Waals surface area contributed by atoms with Crippen LogP contribution in [-0.2, 0) is 0 Å². The van der Waals surface area contributed by atoms with Gasteiger partial charge in [-0.25, -0.2) is 0 Å². The van der Waals surface area contributed by atoms with Crippen LogP contribution >= 0.6 is 15.9 Å². The number of benzene rings is 1. The van der Waals surface area contributed by atoms with Crippen molar-refractivity contribution in [1.82, 2.24) is 4.90 Å². The van der Waals surface area contributed by atoms with Gasteiger partial charge in [0.1, 0.15) is 0 Å². The number of hydrogen-bond acceptors (Lipinski definition) is 3. The van der Waals surface area contributed by atoms with Gasteiger partial charge in [0.25, 0.3) is 0 Å². The van der Waals surface area contributed by atoms with Crippen LogP contribution in [0.25, 0.3) is 0 Å². The lowest BCUT2D eigenvalue weighted by molar-refractivity contribution is 0.346. The standard InChI is InChI=1S/C14H18BrN3/c1-17(6-7-18-4-2-3-5-18)14-9-12(11-16)8-13(15)10-14/h8-10H,2-7H2,1H3. The molecule has 96 valence electrons. The molecule has 1 aromatic carbocycles. The fourth-order valence-corrected chi connectivity index (χ4v) is 2.77. The molecule has 0 bridgehead atoms. The third-order valence-electron chi connectivity index (χ3n) is 3.40. The summed E-state index contributed by atoms with van der Waals surface area (Å²) in [6.45, 7) is 4.57. The van der Waals surface area contributed by atoms with E-state index in [1.54, 1.807) is 0 Å². The number of likely N-dealkylation sites (N-methyl/N-ethyl adjacent to an activating group) is 1. The zero-order valence-electron chi connectivity index (χ0n) is 10.7. The van der Waals surface area contributed by atoms with Gasteiger partial charge in [-0.1, -0.05) is 15.9 Å². The predicted molar refractivity (Wildman–Crippen MR) is 77.8 cm³/mol. The Labute approximate surface area is 117 Å². The maximum atomic E-state index is 8.97. The van der Waals surface area contributed by atoms with Gasteiger partial charge in [-0.3, -0.25) is 0 Å². The van der Waals surface area contributed by atoms with E-state index in [1.807, 2.05) is 12.1 Å². The van der Waals surface area contributed by atoms with Crippen LogP contribution in [0.15, 0.2) is 22.7 Å². The number of nitrogens with zero attached hydrogens (tertiary/aromatic N) is 3. The molecule has 1 aromatic rings. The molecule has 0 spiro atoms. The number of halogens is 1. The van der Waals surface area contributed by atoms with E-state index in [4.69, 9.17) is 5.26 Å². The van der Waals surface area contributed by atoms with E-state index >= 15 is 0 Å². The summed E-state index contributed by atoms with van der Waals surface area (Å²) in [5.74, 6) is 0. The van der Waals surface area contributed by atoms with E-state index in [2.05, 4.69) is 44.9 Å². The molecule has 0 amide bonds. The van der Waals surface area contributed by atoms with Crippen molar-refractivity contribution in [1.29, 1.82) is 5.26 Å². The summed E-state index contributed by atoms with van der Waals surface area (Å²) in [6.07, 6.45) is 2.67. The number of anilines is 1. The number of nitriles is 1. The lowest BCUT2D eigenvalue weighted by atomic mass is 10.2. The second-order valence-corrected chi connectivity index (χ2v) is 5.70. The van der Waals surface area contributed by atoms with E-state index in [0.717, 1.165) is 23.2 Å². The van der Waals surface area contributed by atoms with E-state index < -0.39 is 0 Å². The third-order valence-corrected chi connectivity index (χ3v) is 3.86. The molecule has 0 aromatic heterocycles. The molecule has 18 heavy (non-hydrogen) atoms. The summed E-state index contributed by atoms with van der Waals surface area (Å²) in [5, 5.41) is 8.97. The molecule has 0 unspecified atom stereocenters. The van der Waals surface area contributed by atoms with Crippen molar-refractivity contribution in [3.63, 3.8) is 0 Å². The molecule has 0 N–H and O–H groups in total. The Morgan fingerprint density at radius 3 is 2.72 bits per heavy atom. The van der Waals surface area contributed by atoms with E-state index in [9.17, 15) is 0 Å². The first-order valence-corrected chi connectivity index (χ1v) is 7.12. The first-order valence-electron chi connectivity index (χ1n) is 6.33. The molecule has 0 radical (unpaired) electrons. The second kappa shape index (κ2) is 6.21. The lowest BCUT2D eigenvalue weighted by Crippen LogP contribution is -2.31. The van der Waals surface area contributed by atoms with Crippen LogP contribution in [0.4, 0.5) is 5.69 Å². The number of rotatable bonds is 4. The molecular weight excluding hydrogens is 290 g/mol.